The number of aryl methyl sites for hydroxylation is 1. The van der Waals surface area contributed by atoms with Gasteiger partial charge in [0.15, 0.2) is 0 Å². The number of anilines is 2. The molecule has 0 atom stereocenters. The van der Waals surface area contributed by atoms with Gasteiger partial charge >= 0.3 is 6.09 Å². The van der Waals surface area contributed by atoms with E-state index in [1.807, 2.05) is 39.0 Å². The van der Waals surface area contributed by atoms with E-state index >= 15 is 0 Å². The molecule has 2 N–H and O–H groups in total. The molecule has 29 heavy (non-hydrogen) atoms. The second-order valence-electron chi connectivity index (χ2n) is 7.08. The minimum Gasteiger partial charge on any atom is -0.449 e. The molecular formula is C22H24N4O3. The highest BCUT2D eigenvalue weighted by Crippen LogP contribution is 2.17. The molecule has 2 amide bonds. The fourth-order valence-electron chi connectivity index (χ4n) is 2.67. The molecule has 0 radical (unpaired) electrons. The minimum absolute atomic E-state index is 0.242. The van der Waals surface area contributed by atoms with E-state index in [2.05, 4.69) is 15.7 Å². The van der Waals surface area contributed by atoms with Crippen LogP contribution in [0, 0.1) is 12.8 Å². The molecule has 3 aromatic rings. The zero-order chi connectivity index (χ0) is 20.8. The summed E-state index contributed by atoms with van der Waals surface area (Å²) in [7, 11) is 0. The quantitative estimate of drug-likeness (QED) is 0.640. The van der Waals surface area contributed by atoms with Gasteiger partial charge in [0.25, 0.3) is 5.91 Å². The van der Waals surface area contributed by atoms with Crippen molar-refractivity contribution in [3.63, 3.8) is 0 Å². The van der Waals surface area contributed by atoms with Crippen LogP contribution >= 0.6 is 0 Å². The van der Waals surface area contributed by atoms with E-state index in [1.165, 1.54) is 0 Å². The Bertz CT molecular complexity index is 993. The molecule has 0 saturated heterocycles. The molecule has 150 valence electrons. The summed E-state index contributed by atoms with van der Waals surface area (Å²) in [4.78, 5) is 24.3. The van der Waals surface area contributed by atoms with Gasteiger partial charge in [-0.3, -0.25) is 10.1 Å². The zero-order valence-electron chi connectivity index (χ0n) is 16.7. The third-order valence-corrected chi connectivity index (χ3v) is 4.12. The van der Waals surface area contributed by atoms with Crippen LogP contribution in [0.3, 0.4) is 0 Å². The first-order valence-corrected chi connectivity index (χ1v) is 9.38. The molecule has 3 rings (SSSR count). The standard InChI is InChI=1S/C22H24N4O3/c1-15(2)14-29-22(28)25-19-6-4-5-18(13-19)24-21(27)17-7-9-20(10-8-17)26-16(3)11-12-23-26/h4-13,15H,14H2,1-3H3,(H,24,27)(H,25,28). The Morgan fingerprint density at radius 1 is 1.03 bits per heavy atom. The highest BCUT2D eigenvalue weighted by Gasteiger charge is 2.09. The van der Waals surface area contributed by atoms with E-state index in [0.717, 1.165) is 11.4 Å². The molecule has 0 unspecified atom stereocenters. The van der Waals surface area contributed by atoms with E-state index < -0.39 is 6.09 Å². The van der Waals surface area contributed by atoms with Crippen LogP contribution in [-0.2, 0) is 4.74 Å². The molecule has 2 aromatic carbocycles. The van der Waals surface area contributed by atoms with Gasteiger partial charge in [-0.05, 0) is 61.4 Å². The van der Waals surface area contributed by atoms with Gasteiger partial charge in [0.1, 0.15) is 0 Å². The van der Waals surface area contributed by atoms with E-state index in [9.17, 15) is 9.59 Å². The number of hydrogen-bond donors (Lipinski definition) is 2. The Labute approximate surface area is 169 Å². The summed E-state index contributed by atoms with van der Waals surface area (Å²) in [6.07, 6.45) is 1.21. The minimum atomic E-state index is -0.522. The van der Waals surface area contributed by atoms with Crippen LogP contribution in [0.2, 0.25) is 0 Å². The van der Waals surface area contributed by atoms with Crippen molar-refractivity contribution in [2.24, 2.45) is 5.92 Å². The Kier molecular flexibility index (Phi) is 6.29. The third kappa shape index (κ3) is 5.44. The van der Waals surface area contributed by atoms with Gasteiger partial charge in [0, 0.05) is 28.8 Å². The van der Waals surface area contributed by atoms with Crippen molar-refractivity contribution >= 4 is 23.4 Å². The van der Waals surface area contributed by atoms with Crippen molar-refractivity contribution in [2.45, 2.75) is 20.8 Å². The van der Waals surface area contributed by atoms with Gasteiger partial charge < -0.3 is 10.1 Å². The van der Waals surface area contributed by atoms with Gasteiger partial charge in [0.05, 0.1) is 12.3 Å². The Hall–Kier alpha value is -3.61. The maximum Gasteiger partial charge on any atom is 0.411 e. The molecule has 1 aromatic heterocycles. The van der Waals surface area contributed by atoms with E-state index in [1.54, 1.807) is 47.3 Å². The smallest absolute Gasteiger partial charge is 0.411 e. The summed E-state index contributed by atoms with van der Waals surface area (Å²) < 4.78 is 6.90. The molecule has 0 spiro atoms. The van der Waals surface area contributed by atoms with E-state index in [-0.39, 0.29) is 11.8 Å². The molecule has 0 aliphatic rings. The van der Waals surface area contributed by atoms with Gasteiger partial charge in [-0.25, -0.2) is 9.48 Å². The van der Waals surface area contributed by atoms with Gasteiger partial charge in [0.2, 0.25) is 0 Å². The molecule has 0 fully saturated rings. The fraction of sp³-hybridized carbons (Fsp3) is 0.227. The first-order valence-electron chi connectivity index (χ1n) is 9.38. The lowest BCUT2D eigenvalue weighted by Gasteiger charge is -2.11. The van der Waals surface area contributed by atoms with Crippen molar-refractivity contribution in [2.75, 3.05) is 17.2 Å². The van der Waals surface area contributed by atoms with Gasteiger partial charge in [-0.15, -0.1) is 0 Å². The highest BCUT2D eigenvalue weighted by atomic mass is 16.5. The average molecular weight is 392 g/mol. The Morgan fingerprint density at radius 3 is 2.34 bits per heavy atom. The van der Waals surface area contributed by atoms with Crippen LogP contribution in [0.15, 0.2) is 60.8 Å². The number of carbonyl (C=O) groups is 2. The lowest BCUT2D eigenvalue weighted by molar-refractivity contribution is 0.102. The van der Waals surface area contributed by atoms with Gasteiger partial charge in [-0.1, -0.05) is 19.9 Å². The van der Waals surface area contributed by atoms with Crippen LogP contribution in [0.25, 0.3) is 5.69 Å². The topological polar surface area (TPSA) is 85.3 Å². The molecule has 7 heteroatoms. The lowest BCUT2D eigenvalue weighted by atomic mass is 10.2. The molecule has 7 nitrogen and oxygen atoms in total. The first kappa shape index (κ1) is 20.1. The van der Waals surface area contributed by atoms with Crippen molar-refractivity contribution in [1.29, 1.82) is 0 Å². The predicted octanol–water partition coefficient (Wildman–Crippen LogP) is 4.64. The van der Waals surface area contributed by atoms with Crippen LogP contribution in [0.4, 0.5) is 16.2 Å². The first-order chi connectivity index (χ1) is 13.9. The van der Waals surface area contributed by atoms with Crippen LogP contribution in [0.5, 0.6) is 0 Å². The second kappa shape index (κ2) is 9.05. The number of hydrogen-bond acceptors (Lipinski definition) is 4. The number of aromatic nitrogens is 2. The maximum absolute atomic E-state index is 12.5. The molecule has 0 bridgehead atoms. The number of amides is 2. The van der Waals surface area contributed by atoms with Crippen molar-refractivity contribution in [3.8, 4) is 5.69 Å². The maximum atomic E-state index is 12.5. The largest absolute Gasteiger partial charge is 0.449 e. The van der Waals surface area contributed by atoms with Crippen molar-refractivity contribution < 1.29 is 14.3 Å². The van der Waals surface area contributed by atoms with Gasteiger partial charge in [-0.2, -0.15) is 5.10 Å². The number of benzene rings is 2. The van der Waals surface area contributed by atoms with Crippen LogP contribution in [-0.4, -0.2) is 28.4 Å². The third-order valence-electron chi connectivity index (χ3n) is 4.12. The summed E-state index contributed by atoms with van der Waals surface area (Å²) in [5.41, 5.74) is 3.53. The Morgan fingerprint density at radius 2 is 1.72 bits per heavy atom. The van der Waals surface area contributed by atoms with Crippen LogP contribution in [0.1, 0.15) is 29.9 Å². The Balaban J connectivity index is 1.63. The number of carbonyl (C=O) groups excluding carboxylic acids is 2. The summed E-state index contributed by atoms with van der Waals surface area (Å²) in [5, 5.41) is 9.75. The summed E-state index contributed by atoms with van der Waals surface area (Å²) in [6.45, 7) is 6.24. The highest BCUT2D eigenvalue weighted by molar-refractivity contribution is 6.04. The molecule has 0 saturated carbocycles. The number of ether oxygens (including phenoxy) is 1. The lowest BCUT2D eigenvalue weighted by Crippen LogP contribution is -2.17. The zero-order valence-corrected chi connectivity index (χ0v) is 16.7. The molecule has 1 heterocycles. The molecule has 0 aliphatic carbocycles. The summed E-state index contributed by atoms with van der Waals surface area (Å²) >= 11 is 0. The molecular weight excluding hydrogens is 368 g/mol. The predicted molar refractivity (Wildman–Crippen MR) is 113 cm³/mol. The summed E-state index contributed by atoms with van der Waals surface area (Å²) in [6, 6.07) is 16.0. The monoisotopic (exact) mass is 392 g/mol. The van der Waals surface area contributed by atoms with Crippen molar-refractivity contribution in [3.05, 3.63) is 72.1 Å². The second-order valence-corrected chi connectivity index (χ2v) is 7.08. The SMILES string of the molecule is Cc1ccnn1-c1ccc(C(=O)Nc2cccc(NC(=O)OCC(C)C)c2)cc1. The number of nitrogens with zero attached hydrogens (tertiary/aromatic N) is 2. The number of nitrogens with one attached hydrogen (secondary N) is 2. The van der Waals surface area contributed by atoms with Crippen LogP contribution < -0.4 is 10.6 Å². The van der Waals surface area contributed by atoms with E-state index in [0.29, 0.717) is 23.5 Å². The molecule has 0 aliphatic heterocycles. The summed E-state index contributed by atoms with van der Waals surface area (Å²) in [5.74, 6) is 0.0169. The normalized spacial score (nSPS) is 10.6. The average Bonchev–Trinajstić information content (AvgIpc) is 3.12. The fourth-order valence-corrected chi connectivity index (χ4v) is 2.67. The van der Waals surface area contributed by atoms with E-state index in [4.69, 9.17) is 4.74 Å². The van der Waals surface area contributed by atoms with Crippen molar-refractivity contribution in [1.82, 2.24) is 9.78 Å². The number of rotatable bonds is 6.